The second-order valence-corrected chi connectivity index (χ2v) is 15.5. The molecule has 0 bridgehead atoms. The Morgan fingerprint density at radius 1 is 0.731 bits per heavy atom. The van der Waals surface area contributed by atoms with E-state index in [0.717, 1.165) is 11.5 Å². The fraction of sp³-hybridized carbons (Fsp3) is 1.00. The normalized spacial score (nSPS) is 17.6. The van der Waals surface area contributed by atoms with E-state index in [2.05, 4.69) is 41.5 Å². The van der Waals surface area contributed by atoms with Gasteiger partial charge < -0.3 is 4.52 Å². The van der Waals surface area contributed by atoms with Crippen LogP contribution in [0.3, 0.4) is 0 Å². The summed E-state index contributed by atoms with van der Waals surface area (Å²) in [5.41, 5.74) is 0. The van der Waals surface area contributed by atoms with E-state index in [9.17, 15) is 4.57 Å². The molecule has 0 saturated heterocycles. The molecule has 0 N–H and O–H groups in total. The van der Waals surface area contributed by atoms with Gasteiger partial charge in [0.2, 0.25) is 0 Å². The van der Waals surface area contributed by atoms with Crippen LogP contribution in [0.4, 0.5) is 0 Å². The second kappa shape index (κ2) is 16.8. The van der Waals surface area contributed by atoms with Gasteiger partial charge in [-0.3, -0.25) is 4.57 Å². The minimum atomic E-state index is -2.64. The molecule has 3 atom stereocenters. The smallest absolute Gasteiger partial charge is 0.313 e. The summed E-state index contributed by atoms with van der Waals surface area (Å²) in [7, 11) is 0. The van der Waals surface area contributed by atoms with E-state index in [4.69, 9.17) is 4.52 Å². The average molecular weight is 425 g/mol. The van der Waals surface area contributed by atoms with Crippen LogP contribution in [0.25, 0.3) is 0 Å². The van der Waals surface area contributed by atoms with E-state index in [1.807, 2.05) is 0 Å². The molecule has 0 rings (SSSR count). The highest BCUT2D eigenvalue weighted by Crippen LogP contribution is 2.70. The topological polar surface area (TPSA) is 26.3 Å². The molecule has 0 aliphatic carbocycles. The van der Waals surface area contributed by atoms with Crippen molar-refractivity contribution in [3.63, 3.8) is 0 Å². The summed E-state index contributed by atoms with van der Waals surface area (Å²) < 4.78 is 19.5. The highest BCUT2D eigenvalue weighted by atomic mass is 33.1. The van der Waals surface area contributed by atoms with Crippen molar-refractivity contribution in [2.24, 2.45) is 17.8 Å². The third-order valence-corrected chi connectivity index (χ3v) is 12.6. The van der Waals surface area contributed by atoms with Gasteiger partial charge in [0.05, 0.1) is 6.61 Å². The molecule has 26 heavy (non-hydrogen) atoms. The Labute approximate surface area is 172 Å². The molecule has 0 saturated carbocycles. The molecular weight excluding hydrogens is 379 g/mol. The maximum absolute atomic E-state index is 13.5. The molecule has 5 heteroatoms. The van der Waals surface area contributed by atoms with Crippen molar-refractivity contribution in [2.75, 3.05) is 18.1 Å². The first kappa shape index (κ1) is 26.9. The minimum Gasteiger partial charge on any atom is -0.313 e. The third-order valence-electron chi connectivity index (χ3n) is 4.70. The summed E-state index contributed by atoms with van der Waals surface area (Å²) in [6.45, 7) is 14.1. The molecule has 0 aliphatic rings. The van der Waals surface area contributed by atoms with Gasteiger partial charge in [-0.1, -0.05) is 103 Å². The van der Waals surface area contributed by atoms with Gasteiger partial charge in [-0.25, -0.2) is 0 Å². The Hall–Kier alpha value is 0.890. The summed E-state index contributed by atoms with van der Waals surface area (Å²) in [4.78, 5) is 0. The van der Waals surface area contributed by atoms with Gasteiger partial charge in [0.15, 0.2) is 0 Å². The van der Waals surface area contributed by atoms with Crippen LogP contribution in [0.5, 0.6) is 0 Å². The lowest BCUT2D eigenvalue weighted by Gasteiger charge is -2.22. The third kappa shape index (κ3) is 14.9. The van der Waals surface area contributed by atoms with Crippen LogP contribution in [0, 0.1) is 17.8 Å². The molecule has 0 aromatic rings. The Morgan fingerprint density at radius 3 is 1.50 bits per heavy atom. The Bertz CT molecular complexity index is 314. The molecule has 3 unspecified atom stereocenters. The number of hydrogen-bond donors (Lipinski definition) is 0. The Kier molecular flexibility index (Phi) is 17.4. The van der Waals surface area contributed by atoms with E-state index in [0.29, 0.717) is 24.4 Å². The van der Waals surface area contributed by atoms with Gasteiger partial charge in [-0.2, -0.15) is 0 Å². The molecule has 2 nitrogen and oxygen atoms in total. The predicted octanol–water partition coefficient (Wildman–Crippen LogP) is 9.06. The van der Waals surface area contributed by atoms with Crippen molar-refractivity contribution in [3.05, 3.63) is 0 Å². The summed E-state index contributed by atoms with van der Waals surface area (Å²) in [6, 6.07) is 0. The van der Waals surface area contributed by atoms with E-state index >= 15 is 0 Å². The second-order valence-electron chi connectivity index (χ2n) is 8.08. The lowest BCUT2D eigenvalue weighted by Crippen LogP contribution is -2.05. The van der Waals surface area contributed by atoms with Crippen LogP contribution >= 0.6 is 28.5 Å². The molecule has 0 aliphatic heterocycles. The molecule has 0 aromatic carbocycles. The summed E-state index contributed by atoms with van der Waals surface area (Å²) in [5, 5.41) is 0. The number of hydrogen-bond acceptors (Lipinski definition) is 4. The lowest BCUT2D eigenvalue weighted by molar-refractivity contribution is 0.265. The van der Waals surface area contributed by atoms with E-state index in [1.54, 1.807) is 22.8 Å². The average Bonchev–Trinajstić information content (AvgIpc) is 2.64. The molecular formula is C21H45O2PS2. The monoisotopic (exact) mass is 424 g/mol. The standard InChI is InChI=1S/C21H45O2PS2/c1-7-10-13-19(4)16-23-24(22,25-17-20(5)14-11-8-2)26-18-21(6)15-12-9-3/h19-21H,7-18H2,1-6H3. The van der Waals surface area contributed by atoms with Crippen LogP contribution in [-0.4, -0.2) is 18.1 Å². The van der Waals surface area contributed by atoms with Crippen molar-refractivity contribution in [1.82, 2.24) is 0 Å². The highest BCUT2D eigenvalue weighted by Gasteiger charge is 2.27. The molecule has 0 fully saturated rings. The highest BCUT2D eigenvalue weighted by molar-refractivity contribution is 8.89. The largest absolute Gasteiger partial charge is 0.313 e. The van der Waals surface area contributed by atoms with Crippen LogP contribution < -0.4 is 0 Å². The molecule has 0 heterocycles. The van der Waals surface area contributed by atoms with E-state index in [-0.39, 0.29) is 0 Å². The van der Waals surface area contributed by atoms with Crippen molar-refractivity contribution in [1.29, 1.82) is 0 Å². The van der Waals surface area contributed by atoms with Gasteiger partial charge in [-0.15, -0.1) is 0 Å². The lowest BCUT2D eigenvalue weighted by atomic mass is 10.1. The van der Waals surface area contributed by atoms with Crippen LogP contribution in [0.2, 0.25) is 0 Å². The molecule has 0 radical (unpaired) electrons. The van der Waals surface area contributed by atoms with Gasteiger partial charge in [0, 0.05) is 11.5 Å². The number of rotatable bonds is 18. The van der Waals surface area contributed by atoms with Gasteiger partial charge >= 0.3 is 5.77 Å². The zero-order valence-electron chi connectivity index (χ0n) is 18.3. The van der Waals surface area contributed by atoms with Crippen LogP contribution in [0.1, 0.15) is 99.3 Å². The van der Waals surface area contributed by atoms with Crippen molar-refractivity contribution in [3.8, 4) is 0 Å². The first-order valence-corrected chi connectivity index (χ1v) is 15.7. The molecule has 0 aromatic heterocycles. The van der Waals surface area contributed by atoms with E-state index in [1.165, 1.54) is 57.8 Å². The fourth-order valence-electron chi connectivity index (χ4n) is 2.68. The van der Waals surface area contributed by atoms with Crippen molar-refractivity contribution < 1.29 is 9.09 Å². The summed E-state index contributed by atoms with van der Waals surface area (Å²) >= 11 is 3.22. The van der Waals surface area contributed by atoms with Gasteiger partial charge in [0.25, 0.3) is 0 Å². The number of unbranched alkanes of at least 4 members (excludes halogenated alkanes) is 3. The minimum absolute atomic E-state index is 0.500. The molecule has 0 amide bonds. The summed E-state index contributed by atoms with van der Waals surface area (Å²) in [6.07, 6.45) is 11.1. The SMILES string of the molecule is CCCCC(C)COP(=O)(SCC(C)CCCC)SCC(C)CCCC. The van der Waals surface area contributed by atoms with Crippen LogP contribution in [0.15, 0.2) is 0 Å². The first-order valence-electron chi connectivity index (χ1n) is 10.9. The Morgan fingerprint density at radius 2 is 1.12 bits per heavy atom. The zero-order chi connectivity index (χ0) is 19.8. The molecule has 0 spiro atoms. The van der Waals surface area contributed by atoms with Crippen molar-refractivity contribution in [2.45, 2.75) is 99.3 Å². The van der Waals surface area contributed by atoms with E-state index < -0.39 is 5.77 Å². The van der Waals surface area contributed by atoms with Crippen LogP contribution in [-0.2, 0) is 9.09 Å². The van der Waals surface area contributed by atoms with Gasteiger partial charge in [0.1, 0.15) is 0 Å². The first-order chi connectivity index (χ1) is 12.4. The zero-order valence-corrected chi connectivity index (χ0v) is 20.8. The maximum Gasteiger partial charge on any atom is 0.313 e. The fourth-order valence-corrected chi connectivity index (χ4v) is 9.97. The predicted molar refractivity (Wildman–Crippen MR) is 125 cm³/mol. The van der Waals surface area contributed by atoms with Gasteiger partial charge in [-0.05, 0) is 37.0 Å². The Balaban J connectivity index is 4.55. The maximum atomic E-state index is 13.5. The molecule has 158 valence electrons. The van der Waals surface area contributed by atoms with Crippen molar-refractivity contribution >= 4 is 28.5 Å². The quantitative estimate of drug-likeness (QED) is 0.205. The summed E-state index contributed by atoms with van der Waals surface area (Å²) in [5.74, 6) is 1.00.